The summed E-state index contributed by atoms with van der Waals surface area (Å²) in [7, 11) is -3.67. The summed E-state index contributed by atoms with van der Waals surface area (Å²) in [5.41, 5.74) is 0.828. The first-order valence-corrected chi connectivity index (χ1v) is 10.4. The van der Waals surface area contributed by atoms with Crippen LogP contribution in [0.2, 0.25) is 0 Å². The molecule has 1 saturated carbocycles. The Bertz CT molecular complexity index is 866. The molecule has 6 heteroatoms. The average molecular weight is 372 g/mol. The van der Waals surface area contributed by atoms with Gasteiger partial charge in [-0.2, -0.15) is 0 Å². The molecule has 0 radical (unpaired) electrons. The van der Waals surface area contributed by atoms with E-state index in [1.54, 1.807) is 42.5 Å². The van der Waals surface area contributed by atoms with Gasteiger partial charge < -0.3 is 5.32 Å². The van der Waals surface area contributed by atoms with Gasteiger partial charge in [0.15, 0.2) is 0 Å². The molecule has 0 spiro atoms. The monoisotopic (exact) mass is 372 g/mol. The molecule has 0 aliphatic heterocycles. The van der Waals surface area contributed by atoms with E-state index in [4.69, 9.17) is 0 Å². The Kier molecular flexibility index (Phi) is 5.61. The van der Waals surface area contributed by atoms with Crippen molar-refractivity contribution >= 4 is 21.6 Å². The Balaban J connectivity index is 1.73. The first-order chi connectivity index (χ1) is 12.5. The number of amides is 1. The maximum atomic E-state index is 12.6. The minimum Gasteiger partial charge on any atom is -0.349 e. The second-order valence-corrected chi connectivity index (χ2v) is 8.52. The van der Waals surface area contributed by atoms with Crippen LogP contribution in [0.15, 0.2) is 59.5 Å². The van der Waals surface area contributed by atoms with Crippen LogP contribution in [0.4, 0.5) is 5.69 Å². The number of benzene rings is 2. The van der Waals surface area contributed by atoms with E-state index >= 15 is 0 Å². The molecular weight excluding hydrogens is 348 g/mol. The van der Waals surface area contributed by atoms with Crippen molar-refractivity contribution in [2.45, 2.75) is 43.5 Å². The van der Waals surface area contributed by atoms with E-state index in [0.29, 0.717) is 17.2 Å². The van der Waals surface area contributed by atoms with E-state index in [2.05, 4.69) is 17.0 Å². The Morgan fingerprint density at radius 2 is 1.73 bits per heavy atom. The zero-order valence-corrected chi connectivity index (χ0v) is 15.6. The normalized spacial score (nSPS) is 20.3. The largest absolute Gasteiger partial charge is 0.349 e. The molecule has 1 fully saturated rings. The van der Waals surface area contributed by atoms with Gasteiger partial charge in [-0.3, -0.25) is 9.52 Å². The van der Waals surface area contributed by atoms with Crippen molar-refractivity contribution in [3.63, 3.8) is 0 Å². The Labute approximate surface area is 154 Å². The number of rotatable bonds is 5. The molecule has 26 heavy (non-hydrogen) atoms. The number of hydrogen-bond donors (Lipinski definition) is 2. The number of nitrogens with one attached hydrogen (secondary N) is 2. The van der Waals surface area contributed by atoms with Crippen LogP contribution in [-0.4, -0.2) is 20.4 Å². The first-order valence-electron chi connectivity index (χ1n) is 8.94. The molecule has 0 unspecified atom stereocenters. The second-order valence-electron chi connectivity index (χ2n) is 6.84. The Morgan fingerprint density at radius 3 is 2.46 bits per heavy atom. The molecule has 2 N–H and O–H groups in total. The highest BCUT2D eigenvalue weighted by Gasteiger charge is 2.23. The van der Waals surface area contributed by atoms with Crippen LogP contribution in [0.1, 0.15) is 43.0 Å². The third kappa shape index (κ3) is 4.43. The van der Waals surface area contributed by atoms with Crippen molar-refractivity contribution in [1.82, 2.24) is 5.32 Å². The van der Waals surface area contributed by atoms with Gasteiger partial charge in [0.2, 0.25) is 0 Å². The van der Waals surface area contributed by atoms with Crippen molar-refractivity contribution in [3.8, 4) is 0 Å². The molecule has 2 aromatic rings. The van der Waals surface area contributed by atoms with Gasteiger partial charge in [-0.1, -0.05) is 44.0 Å². The highest BCUT2D eigenvalue weighted by Crippen LogP contribution is 2.24. The fourth-order valence-electron chi connectivity index (χ4n) is 3.32. The maximum absolute atomic E-state index is 12.6. The molecule has 2 aromatic carbocycles. The summed E-state index contributed by atoms with van der Waals surface area (Å²) in [6.45, 7) is 2.16. The lowest BCUT2D eigenvalue weighted by Crippen LogP contribution is -2.41. The summed E-state index contributed by atoms with van der Waals surface area (Å²) in [5.74, 6) is 0.303. The lowest BCUT2D eigenvalue weighted by Gasteiger charge is -2.29. The molecular formula is C20H24N2O3S. The topological polar surface area (TPSA) is 75.3 Å². The zero-order valence-electron chi connectivity index (χ0n) is 14.8. The van der Waals surface area contributed by atoms with Crippen LogP contribution in [0, 0.1) is 5.92 Å². The molecule has 138 valence electrons. The van der Waals surface area contributed by atoms with Gasteiger partial charge in [0, 0.05) is 17.3 Å². The van der Waals surface area contributed by atoms with Crippen LogP contribution < -0.4 is 10.0 Å². The summed E-state index contributed by atoms with van der Waals surface area (Å²) in [6, 6.07) is 14.9. The zero-order chi connectivity index (χ0) is 18.6. The van der Waals surface area contributed by atoms with Crippen molar-refractivity contribution in [3.05, 3.63) is 60.2 Å². The third-order valence-electron chi connectivity index (χ3n) is 4.86. The number of hydrogen-bond acceptors (Lipinski definition) is 3. The summed E-state index contributed by atoms with van der Waals surface area (Å²) < 4.78 is 27.4. The van der Waals surface area contributed by atoms with Crippen LogP contribution in [0.3, 0.4) is 0 Å². The molecule has 0 aromatic heterocycles. The lowest BCUT2D eigenvalue weighted by atomic mass is 9.86. The van der Waals surface area contributed by atoms with Gasteiger partial charge in [0.25, 0.3) is 15.9 Å². The molecule has 0 heterocycles. The quantitative estimate of drug-likeness (QED) is 0.838. The van der Waals surface area contributed by atoms with Gasteiger partial charge >= 0.3 is 0 Å². The van der Waals surface area contributed by atoms with E-state index in [1.165, 1.54) is 18.6 Å². The summed E-state index contributed by atoms with van der Waals surface area (Å²) in [5, 5.41) is 3.09. The molecule has 2 atom stereocenters. The number of sulfonamides is 1. The molecule has 1 aliphatic carbocycles. The van der Waals surface area contributed by atoms with Crippen LogP contribution in [0.5, 0.6) is 0 Å². The smallest absolute Gasteiger partial charge is 0.261 e. The van der Waals surface area contributed by atoms with Crippen molar-refractivity contribution < 1.29 is 13.2 Å². The van der Waals surface area contributed by atoms with E-state index in [0.717, 1.165) is 19.3 Å². The summed E-state index contributed by atoms with van der Waals surface area (Å²) in [4.78, 5) is 12.7. The van der Waals surface area contributed by atoms with Gasteiger partial charge in [-0.15, -0.1) is 0 Å². The van der Waals surface area contributed by atoms with E-state index < -0.39 is 10.0 Å². The van der Waals surface area contributed by atoms with E-state index in [9.17, 15) is 13.2 Å². The molecule has 1 aliphatic rings. The minimum atomic E-state index is -3.67. The fraction of sp³-hybridized carbons (Fsp3) is 0.350. The minimum absolute atomic E-state index is 0.162. The highest BCUT2D eigenvalue weighted by atomic mass is 32.2. The van der Waals surface area contributed by atoms with Gasteiger partial charge in [-0.05, 0) is 49.1 Å². The molecule has 3 rings (SSSR count). The molecule has 1 amide bonds. The summed E-state index contributed by atoms with van der Waals surface area (Å²) in [6.07, 6.45) is 4.46. The Morgan fingerprint density at radius 1 is 1.00 bits per heavy atom. The Hall–Kier alpha value is -2.34. The predicted molar refractivity (Wildman–Crippen MR) is 103 cm³/mol. The lowest BCUT2D eigenvalue weighted by molar-refractivity contribution is 0.0910. The number of carbonyl (C=O) groups is 1. The van der Waals surface area contributed by atoms with Crippen LogP contribution in [-0.2, 0) is 10.0 Å². The number of carbonyl (C=O) groups excluding carboxylic acids is 1. The van der Waals surface area contributed by atoms with Crippen LogP contribution in [0.25, 0.3) is 0 Å². The standard InChI is InChI=1S/C20H24N2O3S/c1-15-8-5-6-13-19(15)21-20(23)16-9-7-10-17(14-16)22-26(24,25)18-11-3-2-4-12-18/h2-4,7,9-12,14-15,19,22H,5-6,8,13H2,1H3,(H,21,23)/t15-,19-/m1/s1. The van der Waals surface area contributed by atoms with Gasteiger partial charge in [0.05, 0.1) is 4.90 Å². The molecule has 0 saturated heterocycles. The highest BCUT2D eigenvalue weighted by molar-refractivity contribution is 7.92. The van der Waals surface area contributed by atoms with Crippen molar-refractivity contribution in [2.24, 2.45) is 5.92 Å². The SMILES string of the molecule is C[C@@H]1CCCC[C@H]1NC(=O)c1cccc(NS(=O)(=O)c2ccccc2)c1. The van der Waals surface area contributed by atoms with Gasteiger partial charge in [-0.25, -0.2) is 8.42 Å². The fourth-order valence-corrected chi connectivity index (χ4v) is 4.39. The van der Waals surface area contributed by atoms with Crippen LogP contribution >= 0.6 is 0 Å². The average Bonchev–Trinajstić information content (AvgIpc) is 2.64. The predicted octanol–water partition coefficient (Wildman–Crippen LogP) is 3.80. The first kappa shape index (κ1) is 18.5. The number of anilines is 1. The third-order valence-corrected chi connectivity index (χ3v) is 6.26. The summed E-state index contributed by atoms with van der Waals surface area (Å²) >= 11 is 0. The van der Waals surface area contributed by atoms with Crippen molar-refractivity contribution in [1.29, 1.82) is 0 Å². The maximum Gasteiger partial charge on any atom is 0.261 e. The second kappa shape index (κ2) is 7.91. The molecule has 5 nitrogen and oxygen atoms in total. The van der Waals surface area contributed by atoms with E-state index in [-0.39, 0.29) is 16.8 Å². The van der Waals surface area contributed by atoms with Crippen molar-refractivity contribution in [2.75, 3.05) is 4.72 Å². The molecule has 0 bridgehead atoms. The van der Waals surface area contributed by atoms with Gasteiger partial charge in [0.1, 0.15) is 0 Å². The van der Waals surface area contributed by atoms with E-state index in [1.807, 2.05) is 0 Å².